The van der Waals surface area contributed by atoms with E-state index >= 15 is 0 Å². The Hall–Kier alpha value is -2.86. The monoisotopic (exact) mass is 398 g/mol. The fourth-order valence-corrected chi connectivity index (χ4v) is 3.24. The van der Waals surface area contributed by atoms with Crippen LogP contribution in [0, 0.1) is 0 Å². The Labute approximate surface area is 168 Å². The van der Waals surface area contributed by atoms with Gasteiger partial charge in [-0.1, -0.05) is 23.7 Å². The summed E-state index contributed by atoms with van der Waals surface area (Å²) in [6.07, 6.45) is 3.76. The van der Waals surface area contributed by atoms with Crippen LogP contribution in [0.4, 0.5) is 0 Å². The third-order valence-electron chi connectivity index (χ3n) is 4.62. The molecule has 0 bridgehead atoms. The molecule has 0 radical (unpaired) electrons. The molecule has 0 aliphatic heterocycles. The standard InChI is InChI=1S/C21H23ClN4O2/c1-13(11-25-21(28)14(2)15-5-3-6-17(22)9-15)26-19(27)10-16-12-24-20-18(16)7-4-8-23-20/h3-9,12-14H,10-11H2,1-2H3,(H,23,24)(H,25,28)(H,26,27)/t13-,14?/m0/s1. The van der Waals surface area contributed by atoms with E-state index < -0.39 is 0 Å². The Balaban J connectivity index is 1.49. The highest BCUT2D eigenvalue weighted by molar-refractivity contribution is 6.30. The molecule has 0 saturated heterocycles. The zero-order valence-corrected chi connectivity index (χ0v) is 16.6. The first kappa shape index (κ1) is 19.9. The fraction of sp³-hybridized carbons (Fsp3) is 0.286. The lowest BCUT2D eigenvalue weighted by Crippen LogP contribution is -2.43. The first-order valence-electron chi connectivity index (χ1n) is 9.17. The van der Waals surface area contributed by atoms with Gasteiger partial charge in [-0.25, -0.2) is 4.98 Å². The fourth-order valence-electron chi connectivity index (χ4n) is 3.04. The molecular formula is C21H23ClN4O2. The summed E-state index contributed by atoms with van der Waals surface area (Å²) >= 11 is 5.99. The van der Waals surface area contributed by atoms with Crippen LogP contribution in [0.3, 0.4) is 0 Å². The van der Waals surface area contributed by atoms with E-state index in [9.17, 15) is 9.59 Å². The number of hydrogen-bond acceptors (Lipinski definition) is 3. The molecule has 6 nitrogen and oxygen atoms in total. The Kier molecular flexibility index (Phi) is 6.31. The molecule has 2 aromatic heterocycles. The topological polar surface area (TPSA) is 86.9 Å². The van der Waals surface area contributed by atoms with Gasteiger partial charge in [0.15, 0.2) is 0 Å². The zero-order chi connectivity index (χ0) is 20.1. The average Bonchev–Trinajstić information content (AvgIpc) is 3.08. The molecule has 0 aliphatic carbocycles. The third-order valence-corrected chi connectivity index (χ3v) is 4.85. The second-order valence-corrected chi connectivity index (χ2v) is 7.32. The number of amides is 2. The molecule has 146 valence electrons. The van der Waals surface area contributed by atoms with E-state index in [2.05, 4.69) is 20.6 Å². The van der Waals surface area contributed by atoms with E-state index in [0.29, 0.717) is 11.6 Å². The second-order valence-electron chi connectivity index (χ2n) is 6.88. The first-order valence-corrected chi connectivity index (χ1v) is 9.55. The number of aromatic amines is 1. The molecular weight excluding hydrogens is 376 g/mol. The van der Waals surface area contributed by atoms with Crippen molar-refractivity contribution in [2.45, 2.75) is 32.2 Å². The number of fused-ring (bicyclic) bond motifs is 1. The summed E-state index contributed by atoms with van der Waals surface area (Å²) < 4.78 is 0. The van der Waals surface area contributed by atoms with Crippen LogP contribution in [0.25, 0.3) is 11.0 Å². The van der Waals surface area contributed by atoms with Crippen LogP contribution in [0.15, 0.2) is 48.8 Å². The molecule has 2 amide bonds. The van der Waals surface area contributed by atoms with Crippen LogP contribution >= 0.6 is 11.6 Å². The van der Waals surface area contributed by atoms with E-state index in [1.807, 2.05) is 38.1 Å². The van der Waals surface area contributed by atoms with Gasteiger partial charge in [-0.15, -0.1) is 0 Å². The van der Waals surface area contributed by atoms with Gasteiger partial charge >= 0.3 is 0 Å². The minimum absolute atomic E-state index is 0.102. The van der Waals surface area contributed by atoms with Gasteiger partial charge in [0.2, 0.25) is 11.8 Å². The summed E-state index contributed by atoms with van der Waals surface area (Å²) in [5.74, 6) is -0.527. The minimum Gasteiger partial charge on any atom is -0.354 e. The van der Waals surface area contributed by atoms with Crippen LogP contribution in [0.5, 0.6) is 0 Å². The highest BCUT2D eigenvalue weighted by Gasteiger charge is 2.17. The summed E-state index contributed by atoms with van der Waals surface area (Å²) in [5.41, 5.74) is 2.52. The van der Waals surface area contributed by atoms with Gasteiger partial charge in [-0.05, 0) is 49.2 Å². The number of carbonyl (C=O) groups excluding carboxylic acids is 2. The molecule has 3 N–H and O–H groups in total. The van der Waals surface area contributed by atoms with Gasteiger partial charge in [-0.2, -0.15) is 0 Å². The highest BCUT2D eigenvalue weighted by atomic mass is 35.5. The van der Waals surface area contributed by atoms with Crippen molar-refractivity contribution in [1.29, 1.82) is 0 Å². The van der Waals surface area contributed by atoms with E-state index in [4.69, 9.17) is 11.6 Å². The summed E-state index contributed by atoms with van der Waals surface area (Å²) in [4.78, 5) is 32.0. The molecule has 2 heterocycles. The molecule has 2 atom stereocenters. The van der Waals surface area contributed by atoms with Crippen LogP contribution in [-0.2, 0) is 16.0 Å². The molecule has 1 unspecified atom stereocenters. The maximum atomic E-state index is 12.4. The largest absolute Gasteiger partial charge is 0.354 e. The molecule has 7 heteroatoms. The first-order chi connectivity index (χ1) is 13.4. The third kappa shape index (κ3) is 4.89. The van der Waals surface area contributed by atoms with E-state index in [1.165, 1.54) is 0 Å². The maximum absolute atomic E-state index is 12.4. The molecule has 3 aromatic rings. The number of nitrogens with one attached hydrogen (secondary N) is 3. The van der Waals surface area contributed by atoms with Crippen molar-refractivity contribution >= 4 is 34.4 Å². The van der Waals surface area contributed by atoms with Crippen molar-refractivity contribution in [3.63, 3.8) is 0 Å². The average molecular weight is 399 g/mol. The number of benzene rings is 1. The summed E-state index contributed by atoms with van der Waals surface area (Å²) in [6, 6.07) is 10.8. The molecule has 0 saturated carbocycles. The molecule has 28 heavy (non-hydrogen) atoms. The second kappa shape index (κ2) is 8.89. The smallest absolute Gasteiger partial charge is 0.227 e. The number of pyridine rings is 1. The number of halogens is 1. The van der Waals surface area contributed by atoms with Gasteiger partial charge in [-0.3, -0.25) is 9.59 Å². The predicted octanol–water partition coefficient (Wildman–Crippen LogP) is 3.18. The highest BCUT2D eigenvalue weighted by Crippen LogP contribution is 2.19. The molecule has 0 fully saturated rings. The molecule has 0 spiro atoms. The number of rotatable bonds is 7. The minimum atomic E-state index is -0.319. The summed E-state index contributed by atoms with van der Waals surface area (Å²) in [6.45, 7) is 4.04. The summed E-state index contributed by atoms with van der Waals surface area (Å²) in [5, 5.41) is 7.34. The quantitative estimate of drug-likeness (QED) is 0.571. The van der Waals surface area contributed by atoms with Crippen molar-refractivity contribution in [2.75, 3.05) is 6.54 Å². The van der Waals surface area contributed by atoms with Crippen molar-refractivity contribution in [3.8, 4) is 0 Å². The number of hydrogen-bond donors (Lipinski definition) is 3. The van der Waals surface area contributed by atoms with Crippen LogP contribution in [-0.4, -0.2) is 34.4 Å². The van der Waals surface area contributed by atoms with Gasteiger partial charge in [0.25, 0.3) is 0 Å². The Morgan fingerprint density at radius 1 is 1.21 bits per heavy atom. The normalized spacial score (nSPS) is 13.1. The Morgan fingerprint density at radius 2 is 2.04 bits per heavy atom. The van der Waals surface area contributed by atoms with Gasteiger partial charge < -0.3 is 15.6 Å². The van der Waals surface area contributed by atoms with Crippen molar-refractivity contribution in [2.24, 2.45) is 0 Å². The van der Waals surface area contributed by atoms with Gasteiger partial charge in [0, 0.05) is 35.4 Å². The lowest BCUT2D eigenvalue weighted by Gasteiger charge is -2.17. The van der Waals surface area contributed by atoms with Crippen LogP contribution < -0.4 is 10.6 Å². The Bertz CT molecular complexity index is 985. The number of aromatic nitrogens is 2. The van der Waals surface area contributed by atoms with Crippen molar-refractivity contribution in [3.05, 3.63) is 64.9 Å². The molecule has 0 aliphatic rings. The predicted molar refractivity (Wildman–Crippen MR) is 110 cm³/mol. The maximum Gasteiger partial charge on any atom is 0.227 e. The number of H-pyrrole nitrogens is 1. The molecule has 3 rings (SSSR count). The lowest BCUT2D eigenvalue weighted by molar-refractivity contribution is -0.123. The van der Waals surface area contributed by atoms with Gasteiger partial charge in [0.05, 0.1) is 12.3 Å². The van der Waals surface area contributed by atoms with E-state index in [-0.39, 0.29) is 30.2 Å². The van der Waals surface area contributed by atoms with Crippen LogP contribution in [0.2, 0.25) is 5.02 Å². The van der Waals surface area contributed by atoms with Crippen molar-refractivity contribution in [1.82, 2.24) is 20.6 Å². The van der Waals surface area contributed by atoms with Crippen LogP contribution in [0.1, 0.15) is 30.9 Å². The number of carbonyl (C=O) groups is 2. The zero-order valence-electron chi connectivity index (χ0n) is 15.8. The van der Waals surface area contributed by atoms with E-state index in [1.54, 1.807) is 24.5 Å². The number of nitrogens with zero attached hydrogens (tertiary/aromatic N) is 1. The Morgan fingerprint density at radius 3 is 2.82 bits per heavy atom. The van der Waals surface area contributed by atoms with E-state index in [0.717, 1.165) is 22.2 Å². The lowest BCUT2D eigenvalue weighted by atomic mass is 10.0. The van der Waals surface area contributed by atoms with Gasteiger partial charge in [0.1, 0.15) is 5.65 Å². The summed E-state index contributed by atoms with van der Waals surface area (Å²) in [7, 11) is 0. The molecule has 1 aromatic carbocycles. The SMILES string of the molecule is CC(C(=O)NC[C@H](C)NC(=O)Cc1c[nH]c2ncccc12)c1cccc(Cl)c1. The van der Waals surface area contributed by atoms with Crippen molar-refractivity contribution < 1.29 is 9.59 Å².